The van der Waals surface area contributed by atoms with Crippen molar-refractivity contribution < 1.29 is 14.1 Å². The first-order valence-electron chi connectivity index (χ1n) is 6.05. The maximum Gasteiger partial charge on any atom is 0.126 e. The number of benzene rings is 2. The van der Waals surface area contributed by atoms with Crippen molar-refractivity contribution in [2.75, 3.05) is 6.54 Å². The molecule has 2 N–H and O–H groups in total. The second kappa shape index (κ2) is 6.26. The Morgan fingerprint density at radius 3 is 2.33 bits per heavy atom. The lowest BCUT2D eigenvalue weighted by Crippen LogP contribution is -2.83. The molecule has 0 aliphatic rings. The first-order valence-corrected chi connectivity index (χ1v) is 6.05. The summed E-state index contributed by atoms with van der Waals surface area (Å²) in [5.41, 5.74) is 1.82. The number of nitrogens with two attached hydrogens (primary N) is 1. The van der Waals surface area contributed by atoms with Crippen molar-refractivity contribution >= 4 is 0 Å². The van der Waals surface area contributed by atoms with Crippen LogP contribution >= 0.6 is 0 Å². The minimum Gasteiger partial charge on any atom is -0.342 e. The van der Waals surface area contributed by atoms with E-state index in [2.05, 4.69) is 5.32 Å². The van der Waals surface area contributed by atoms with Gasteiger partial charge in [-0.15, -0.1) is 0 Å². The van der Waals surface area contributed by atoms with Gasteiger partial charge in [-0.3, -0.25) is 0 Å². The first-order chi connectivity index (χ1) is 8.75. The fraction of sp³-hybridized carbons (Fsp3) is 0.200. The Kier molecular flexibility index (Phi) is 4.42. The SMILES string of the molecule is Fc1ccc(C[NH2+]CCc2ccccc2F)cc1. The second-order valence-electron chi connectivity index (χ2n) is 4.25. The standard InChI is InChI=1S/C15H15F2N/c16-14-7-5-12(6-8-14)11-18-10-9-13-3-1-2-4-15(13)17/h1-8,18H,9-11H2/p+1. The number of quaternary nitrogens is 1. The lowest BCUT2D eigenvalue weighted by atomic mass is 10.1. The highest BCUT2D eigenvalue weighted by Crippen LogP contribution is 2.05. The van der Waals surface area contributed by atoms with Gasteiger partial charge in [0.25, 0.3) is 0 Å². The van der Waals surface area contributed by atoms with Crippen LogP contribution in [-0.2, 0) is 13.0 Å². The van der Waals surface area contributed by atoms with Crippen LogP contribution in [0.1, 0.15) is 11.1 Å². The molecule has 2 aromatic rings. The second-order valence-corrected chi connectivity index (χ2v) is 4.25. The van der Waals surface area contributed by atoms with Crippen molar-refractivity contribution in [1.29, 1.82) is 0 Å². The van der Waals surface area contributed by atoms with Crippen molar-refractivity contribution in [2.45, 2.75) is 13.0 Å². The molecule has 0 atom stereocenters. The molecule has 0 unspecified atom stereocenters. The summed E-state index contributed by atoms with van der Waals surface area (Å²) in [6.07, 6.45) is 0.702. The zero-order valence-corrected chi connectivity index (χ0v) is 10.1. The summed E-state index contributed by atoms with van der Waals surface area (Å²) in [4.78, 5) is 0. The molecule has 2 aromatic carbocycles. The van der Waals surface area contributed by atoms with E-state index in [0.29, 0.717) is 6.42 Å². The number of rotatable bonds is 5. The quantitative estimate of drug-likeness (QED) is 0.782. The molecule has 0 saturated heterocycles. The van der Waals surface area contributed by atoms with Gasteiger partial charge in [0.05, 0.1) is 6.54 Å². The van der Waals surface area contributed by atoms with Crippen LogP contribution in [-0.4, -0.2) is 6.54 Å². The molecular formula is C15H16F2N+. The minimum absolute atomic E-state index is 0.146. The molecule has 0 radical (unpaired) electrons. The summed E-state index contributed by atoms with van der Waals surface area (Å²) in [5.74, 6) is -0.363. The van der Waals surface area contributed by atoms with Crippen LogP contribution in [0, 0.1) is 11.6 Å². The van der Waals surface area contributed by atoms with Gasteiger partial charge in [0.1, 0.15) is 18.2 Å². The topological polar surface area (TPSA) is 16.6 Å². The molecule has 0 spiro atoms. The van der Waals surface area contributed by atoms with Crippen LogP contribution in [0.3, 0.4) is 0 Å². The van der Waals surface area contributed by atoms with Crippen LogP contribution < -0.4 is 5.32 Å². The third kappa shape index (κ3) is 3.64. The van der Waals surface area contributed by atoms with Crippen molar-refractivity contribution in [1.82, 2.24) is 0 Å². The maximum atomic E-state index is 13.3. The van der Waals surface area contributed by atoms with Crippen molar-refractivity contribution in [2.24, 2.45) is 0 Å². The molecule has 0 aliphatic heterocycles. The van der Waals surface area contributed by atoms with Crippen LogP contribution in [0.25, 0.3) is 0 Å². The zero-order chi connectivity index (χ0) is 12.8. The molecule has 1 nitrogen and oxygen atoms in total. The Morgan fingerprint density at radius 2 is 1.61 bits per heavy atom. The summed E-state index contributed by atoms with van der Waals surface area (Å²) in [6, 6.07) is 13.3. The molecule has 0 saturated carbocycles. The molecule has 0 bridgehead atoms. The Morgan fingerprint density at radius 1 is 0.889 bits per heavy atom. The molecule has 0 aliphatic carbocycles. The van der Waals surface area contributed by atoms with E-state index >= 15 is 0 Å². The van der Waals surface area contributed by atoms with Gasteiger partial charge in [0, 0.05) is 12.0 Å². The average Bonchev–Trinajstić information content (AvgIpc) is 2.39. The number of halogens is 2. The first kappa shape index (κ1) is 12.7. The van der Waals surface area contributed by atoms with E-state index in [1.807, 2.05) is 6.07 Å². The van der Waals surface area contributed by atoms with E-state index in [1.165, 1.54) is 18.2 Å². The van der Waals surface area contributed by atoms with Crippen LogP contribution in [0.2, 0.25) is 0 Å². The van der Waals surface area contributed by atoms with Crippen LogP contribution in [0.5, 0.6) is 0 Å². The minimum atomic E-state index is -0.217. The Balaban J connectivity index is 1.76. The van der Waals surface area contributed by atoms with E-state index in [0.717, 1.165) is 24.2 Å². The Labute approximate surface area is 105 Å². The zero-order valence-electron chi connectivity index (χ0n) is 10.1. The fourth-order valence-corrected chi connectivity index (χ4v) is 1.85. The molecule has 0 fully saturated rings. The molecule has 0 amide bonds. The predicted molar refractivity (Wildman–Crippen MR) is 67.0 cm³/mol. The fourth-order valence-electron chi connectivity index (χ4n) is 1.85. The van der Waals surface area contributed by atoms with Gasteiger partial charge in [0.2, 0.25) is 0 Å². The average molecular weight is 248 g/mol. The lowest BCUT2D eigenvalue weighted by molar-refractivity contribution is -0.670. The third-order valence-corrected chi connectivity index (χ3v) is 2.87. The van der Waals surface area contributed by atoms with Crippen molar-refractivity contribution in [3.8, 4) is 0 Å². The molecular weight excluding hydrogens is 232 g/mol. The smallest absolute Gasteiger partial charge is 0.126 e. The summed E-state index contributed by atoms with van der Waals surface area (Å²) < 4.78 is 26.0. The predicted octanol–water partition coefficient (Wildman–Crippen LogP) is 2.27. The van der Waals surface area contributed by atoms with Gasteiger partial charge in [-0.2, -0.15) is 0 Å². The monoisotopic (exact) mass is 248 g/mol. The lowest BCUT2D eigenvalue weighted by Gasteiger charge is -2.03. The Bertz CT molecular complexity index is 494. The van der Waals surface area contributed by atoms with Gasteiger partial charge in [-0.05, 0) is 23.8 Å². The largest absolute Gasteiger partial charge is 0.342 e. The normalized spacial score (nSPS) is 10.6. The summed E-state index contributed by atoms with van der Waals surface area (Å²) in [5, 5.41) is 2.10. The van der Waals surface area contributed by atoms with E-state index in [9.17, 15) is 8.78 Å². The molecule has 0 heterocycles. The highest BCUT2D eigenvalue weighted by atomic mass is 19.1. The third-order valence-electron chi connectivity index (χ3n) is 2.87. The number of hydrogen-bond donors (Lipinski definition) is 1. The molecule has 94 valence electrons. The van der Waals surface area contributed by atoms with Crippen molar-refractivity contribution in [3.05, 3.63) is 71.3 Å². The summed E-state index contributed by atoms with van der Waals surface area (Å²) in [6.45, 7) is 1.60. The van der Waals surface area contributed by atoms with E-state index in [1.54, 1.807) is 24.3 Å². The van der Waals surface area contributed by atoms with Gasteiger partial charge in [-0.25, -0.2) is 8.78 Å². The Hall–Kier alpha value is -1.74. The van der Waals surface area contributed by atoms with E-state index < -0.39 is 0 Å². The summed E-state index contributed by atoms with van der Waals surface area (Å²) >= 11 is 0. The van der Waals surface area contributed by atoms with Gasteiger partial charge in [0.15, 0.2) is 0 Å². The van der Waals surface area contributed by atoms with Crippen LogP contribution in [0.4, 0.5) is 8.78 Å². The van der Waals surface area contributed by atoms with Crippen LogP contribution in [0.15, 0.2) is 48.5 Å². The molecule has 18 heavy (non-hydrogen) atoms. The van der Waals surface area contributed by atoms with Gasteiger partial charge < -0.3 is 5.32 Å². The van der Waals surface area contributed by atoms with Gasteiger partial charge >= 0.3 is 0 Å². The van der Waals surface area contributed by atoms with Crippen molar-refractivity contribution in [3.63, 3.8) is 0 Å². The van der Waals surface area contributed by atoms with E-state index in [4.69, 9.17) is 0 Å². The maximum absolute atomic E-state index is 13.3. The highest BCUT2D eigenvalue weighted by Gasteiger charge is 2.01. The molecule has 2 rings (SSSR count). The van der Waals surface area contributed by atoms with Gasteiger partial charge in [-0.1, -0.05) is 30.3 Å². The molecule has 3 heteroatoms. The highest BCUT2D eigenvalue weighted by molar-refractivity contribution is 5.17. The molecule has 0 aromatic heterocycles. The number of hydrogen-bond acceptors (Lipinski definition) is 0. The van der Waals surface area contributed by atoms with E-state index in [-0.39, 0.29) is 11.6 Å². The summed E-state index contributed by atoms with van der Waals surface area (Å²) in [7, 11) is 0.